The predicted octanol–water partition coefficient (Wildman–Crippen LogP) is 5.87. The molecule has 2 atom stereocenters. The van der Waals surface area contributed by atoms with Crippen molar-refractivity contribution in [1.29, 1.82) is 0 Å². The van der Waals surface area contributed by atoms with Crippen LogP contribution in [0.3, 0.4) is 0 Å². The Bertz CT molecular complexity index is 1020. The van der Waals surface area contributed by atoms with Gasteiger partial charge >= 0.3 is 0 Å². The molecule has 0 aliphatic carbocycles. The molecule has 27 heavy (non-hydrogen) atoms. The van der Waals surface area contributed by atoms with E-state index in [4.69, 9.17) is 9.84 Å². The van der Waals surface area contributed by atoms with Gasteiger partial charge in [-0.1, -0.05) is 76.6 Å². The number of hydrazone groups is 1. The van der Waals surface area contributed by atoms with Crippen LogP contribution < -0.4 is 4.74 Å². The zero-order valence-corrected chi connectivity index (χ0v) is 16.6. The Morgan fingerprint density at radius 3 is 2.44 bits per heavy atom. The van der Waals surface area contributed by atoms with E-state index in [1.807, 2.05) is 30.3 Å². The van der Waals surface area contributed by atoms with Gasteiger partial charge in [0, 0.05) is 28.9 Å². The molecule has 2 unspecified atom stereocenters. The minimum Gasteiger partial charge on any atom is -0.462 e. The topological polar surface area (TPSA) is 24.8 Å². The van der Waals surface area contributed by atoms with Crippen molar-refractivity contribution in [2.75, 3.05) is 0 Å². The van der Waals surface area contributed by atoms with Gasteiger partial charge < -0.3 is 4.74 Å². The van der Waals surface area contributed by atoms with Crippen LogP contribution in [0.5, 0.6) is 5.75 Å². The largest absolute Gasteiger partial charge is 0.462 e. The van der Waals surface area contributed by atoms with Gasteiger partial charge in [-0.2, -0.15) is 5.10 Å². The van der Waals surface area contributed by atoms with Crippen molar-refractivity contribution in [3.05, 3.63) is 100 Å². The molecule has 5 rings (SSSR count). The van der Waals surface area contributed by atoms with Crippen molar-refractivity contribution >= 4 is 21.6 Å². The number of fused-ring (bicyclic) bond motifs is 3. The molecule has 3 aromatic carbocycles. The zero-order valence-electron chi connectivity index (χ0n) is 15.0. The van der Waals surface area contributed by atoms with Gasteiger partial charge in [0.15, 0.2) is 0 Å². The third kappa shape index (κ3) is 2.67. The molecule has 0 saturated carbocycles. The van der Waals surface area contributed by atoms with Gasteiger partial charge in [0.25, 0.3) is 0 Å². The van der Waals surface area contributed by atoms with Crippen LogP contribution in [0.15, 0.2) is 88.4 Å². The molecule has 0 radical (unpaired) electrons. The molecule has 2 aliphatic heterocycles. The SMILES string of the molecule is CC1(c2ccccc2)Oc2ccc(Br)cc2C2CC(c3ccccc3)=NN21. The summed E-state index contributed by atoms with van der Waals surface area (Å²) in [6.45, 7) is 2.11. The van der Waals surface area contributed by atoms with E-state index in [0.29, 0.717) is 0 Å². The molecule has 0 bridgehead atoms. The van der Waals surface area contributed by atoms with Gasteiger partial charge in [0.1, 0.15) is 5.75 Å². The van der Waals surface area contributed by atoms with E-state index in [1.54, 1.807) is 0 Å². The van der Waals surface area contributed by atoms with Gasteiger partial charge in [0.05, 0.1) is 11.8 Å². The van der Waals surface area contributed by atoms with Crippen LogP contribution in [0.4, 0.5) is 0 Å². The lowest BCUT2D eigenvalue weighted by molar-refractivity contribution is -0.112. The van der Waals surface area contributed by atoms with E-state index >= 15 is 0 Å². The van der Waals surface area contributed by atoms with E-state index in [0.717, 1.165) is 27.9 Å². The summed E-state index contributed by atoms with van der Waals surface area (Å²) in [6, 6.07) is 27.1. The predicted molar refractivity (Wildman–Crippen MR) is 111 cm³/mol. The molecule has 2 aliphatic rings. The van der Waals surface area contributed by atoms with Crippen molar-refractivity contribution in [2.45, 2.75) is 25.1 Å². The number of ether oxygens (including phenoxy) is 1. The van der Waals surface area contributed by atoms with Crippen LogP contribution in [-0.2, 0) is 5.72 Å². The summed E-state index contributed by atoms with van der Waals surface area (Å²) < 4.78 is 7.61. The number of halogens is 1. The maximum absolute atomic E-state index is 6.56. The lowest BCUT2D eigenvalue weighted by Crippen LogP contribution is -2.48. The van der Waals surface area contributed by atoms with Crippen LogP contribution in [0.1, 0.15) is 36.1 Å². The number of rotatable bonds is 2. The molecule has 4 heteroatoms. The monoisotopic (exact) mass is 418 g/mol. The Balaban J connectivity index is 1.67. The third-order valence-corrected chi connectivity index (χ3v) is 5.90. The Morgan fingerprint density at radius 1 is 1.00 bits per heavy atom. The molecule has 134 valence electrons. The lowest BCUT2D eigenvalue weighted by Gasteiger charge is -2.46. The van der Waals surface area contributed by atoms with E-state index < -0.39 is 5.72 Å². The highest BCUT2D eigenvalue weighted by atomic mass is 79.9. The fraction of sp³-hybridized carbons (Fsp3) is 0.174. The Kier molecular flexibility index (Phi) is 3.83. The Morgan fingerprint density at radius 2 is 1.70 bits per heavy atom. The maximum atomic E-state index is 6.56. The van der Waals surface area contributed by atoms with Crippen LogP contribution in [0, 0.1) is 0 Å². The average molecular weight is 419 g/mol. The number of benzene rings is 3. The summed E-state index contributed by atoms with van der Waals surface area (Å²) in [5.41, 5.74) is 3.88. The second kappa shape index (κ2) is 6.24. The van der Waals surface area contributed by atoms with Gasteiger partial charge in [-0.25, -0.2) is 5.01 Å². The van der Waals surface area contributed by atoms with Gasteiger partial charge in [-0.3, -0.25) is 0 Å². The molecule has 3 aromatic rings. The molecule has 0 fully saturated rings. The summed E-state index contributed by atoms with van der Waals surface area (Å²) >= 11 is 3.61. The minimum atomic E-state index is -0.650. The van der Waals surface area contributed by atoms with E-state index in [1.165, 1.54) is 11.1 Å². The Labute approximate surface area is 167 Å². The van der Waals surface area contributed by atoms with Crippen LogP contribution in [0.25, 0.3) is 0 Å². The van der Waals surface area contributed by atoms with Crippen molar-refractivity contribution in [3.63, 3.8) is 0 Å². The highest BCUT2D eigenvalue weighted by Crippen LogP contribution is 2.50. The van der Waals surface area contributed by atoms with E-state index in [2.05, 4.69) is 76.4 Å². The van der Waals surface area contributed by atoms with Crippen molar-refractivity contribution in [2.24, 2.45) is 5.10 Å². The first-order chi connectivity index (χ1) is 13.1. The second-order valence-electron chi connectivity index (χ2n) is 7.11. The van der Waals surface area contributed by atoms with E-state index in [-0.39, 0.29) is 6.04 Å². The quantitative estimate of drug-likeness (QED) is 0.519. The Hall–Kier alpha value is -2.59. The highest BCUT2D eigenvalue weighted by Gasteiger charge is 2.48. The van der Waals surface area contributed by atoms with Gasteiger partial charge in [-0.05, 0) is 23.8 Å². The molecule has 0 N–H and O–H groups in total. The number of hydrogen-bond donors (Lipinski definition) is 0. The standard InChI is InChI=1S/C23H19BrN2O/c1-23(17-10-6-3-7-11-17)26-21(19-14-18(24)12-13-22(19)27-23)15-20(25-26)16-8-4-2-5-9-16/h2-14,21H,15H2,1H3. The van der Waals surface area contributed by atoms with Crippen LogP contribution >= 0.6 is 15.9 Å². The van der Waals surface area contributed by atoms with Gasteiger partial charge in [-0.15, -0.1) is 0 Å². The molecule has 2 heterocycles. The summed E-state index contributed by atoms with van der Waals surface area (Å²) in [7, 11) is 0. The average Bonchev–Trinajstić information content (AvgIpc) is 3.17. The smallest absolute Gasteiger partial charge is 0.221 e. The fourth-order valence-corrected chi connectivity index (χ4v) is 4.40. The molecule has 0 spiro atoms. The van der Waals surface area contributed by atoms with E-state index in [9.17, 15) is 0 Å². The summed E-state index contributed by atoms with van der Waals surface area (Å²) in [6.07, 6.45) is 0.860. The minimum absolute atomic E-state index is 0.145. The number of nitrogens with zero attached hydrogens (tertiary/aromatic N) is 2. The summed E-state index contributed by atoms with van der Waals surface area (Å²) in [5.74, 6) is 0.926. The molecular weight excluding hydrogens is 400 g/mol. The first kappa shape index (κ1) is 16.6. The third-order valence-electron chi connectivity index (χ3n) is 5.40. The zero-order chi connectivity index (χ0) is 18.4. The van der Waals surface area contributed by atoms with Gasteiger partial charge in [0.2, 0.25) is 5.72 Å². The first-order valence-corrected chi connectivity index (χ1v) is 9.91. The van der Waals surface area contributed by atoms with Crippen LogP contribution in [-0.4, -0.2) is 10.7 Å². The summed E-state index contributed by atoms with van der Waals surface area (Å²) in [4.78, 5) is 0. The maximum Gasteiger partial charge on any atom is 0.221 e. The van der Waals surface area contributed by atoms with Crippen LogP contribution in [0.2, 0.25) is 0 Å². The highest BCUT2D eigenvalue weighted by molar-refractivity contribution is 9.10. The lowest BCUT2D eigenvalue weighted by atomic mass is 9.92. The molecular formula is C23H19BrN2O. The number of hydrogen-bond acceptors (Lipinski definition) is 3. The van der Waals surface area contributed by atoms with Crippen molar-refractivity contribution in [3.8, 4) is 5.75 Å². The summed E-state index contributed by atoms with van der Waals surface area (Å²) in [5, 5.41) is 7.19. The first-order valence-electron chi connectivity index (χ1n) is 9.11. The van der Waals surface area contributed by atoms with Crippen molar-refractivity contribution < 1.29 is 4.74 Å². The normalized spacial score (nSPS) is 23.3. The molecule has 0 aromatic heterocycles. The molecule has 0 saturated heterocycles. The fourth-order valence-electron chi connectivity index (χ4n) is 4.02. The second-order valence-corrected chi connectivity index (χ2v) is 8.03. The van der Waals surface area contributed by atoms with Crippen molar-refractivity contribution in [1.82, 2.24) is 5.01 Å². The molecule has 0 amide bonds. The molecule has 3 nitrogen and oxygen atoms in total.